The molecule has 0 aliphatic heterocycles. The summed E-state index contributed by atoms with van der Waals surface area (Å²) in [5.41, 5.74) is 6.51. The summed E-state index contributed by atoms with van der Waals surface area (Å²) in [6, 6.07) is 7.38. The van der Waals surface area contributed by atoms with Crippen molar-refractivity contribution in [2.75, 3.05) is 5.73 Å². The standard InChI is InChI=1S/C12H17NO2/c1-8(12(2,3)11(14)15)9-5-4-6-10(13)7-9/h4-8H,13H2,1-3H3,(H,14,15). The zero-order chi connectivity index (χ0) is 11.6. The Balaban J connectivity index is 3.04. The first-order valence-corrected chi connectivity index (χ1v) is 4.94. The molecule has 0 bridgehead atoms. The molecule has 0 radical (unpaired) electrons. The number of hydrogen-bond acceptors (Lipinski definition) is 2. The molecule has 0 aliphatic rings. The van der Waals surface area contributed by atoms with Crippen LogP contribution in [0.5, 0.6) is 0 Å². The minimum absolute atomic E-state index is 0.0708. The number of anilines is 1. The van der Waals surface area contributed by atoms with Gasteiger partial charge in [-0.15, -0.1) is 0 Å². The molecule has 0 spiro atoms. The van der Waals surface area contributed by atoms with Crippen molar-refractivity contribution in [1.29, 1.82) is 0 Å². The van der Waals surface area contributed by atoms with Gasteiger partial charge in [0, 0.05) is 5.69 Å². The smallest absolute Gasteiger partial charge is 0.309 e. The molecule has 1 aromatic carbocycles. The molecule has 0 heterocycles. The largest absolute Gasteiger partial charge is 0.481 e. The van der Waals surface area contributed by atoms with E-state index in [4.69, 9.17) is 10.8 Å². The fourth-order valence-electron chi connectivity index (χ4n) is 1.43. The molecule has 1 aromatic rings. The highest BCUT2D eigenvalue weighted by atomic mass is 16.4. The lowest BCUT2D eigenvalue weighted by atomic mass is 9.76. The summed E-state index contributed by atoms with van der Waals surface area (Å²) in [5.74, 6) is -0.865. The summed E-state index contributed by atoms with van der Waals surface area (Å²) in [4.78, 5) is 11.1. The summed E-state index contributed by atoms with van der Waals surface area (Å²) >= 11 is 0. The molecule has 15 heavy (non-hydrogen) atoms. The molecule has 1 atom stereocenters. The van der Waals surface area contributed by atoms with E-state index in [9.17, 15) is 4.79 Å². The summed E-state index contributed by atoms with van der Waals surface area (Å²) < 4.78 is 0. The quantitative estimate of drug-likeness (QED) is 0.748. The van der Waals surface area contributed by atoms with E-state index in [1.807, 2.05) is 25.1 Å². The van der Waals surface area contributed by atoms with Crippen molar-refractivity contribution in [3.63, 3.8) is 0 Å². The third-order valence-corrected chi connectivity index (χ3v) is 3.04. The van der Waals surface area contributed by atoms with Crippen molar-refractivity contribution in [2.24, 2.45) is 5.41 Å². The number of carbonyl (C=O) groups is 1. The molecule has 3 heteroatoms. The van der Waals surface area contributed by atoms with E-state index in [1.54, 1.807) is 19.9 Å². The van der Waals surface area contributed by atoms with Gasteiger partial charge < -0.3 is 10.8 Å². The van der Waals surface area contributed by atoms with Gasteiger partial charge in [-0.2, -0.15) is 0 Å². The maximum Gasteiger partial charge on any atom is 0.309 e. The second-order valence-corrected chi connectivity index (χ2v) is 4.42. The van der Waals surface area contributed by atoms with Gasteiger partial charge in [0.1, 0.15) is 0 Å². The van der Waals surface area contributed by atoms with Crippen LogP contribution in [0, 0.1) is 5.41 Å². The molecule has 82 valence electrons. The summed E-state index contributed by atoms with van der Waals surface area (Å²) in [6.45, 7) is 5.36. The zero-order valence-electron chi connectivity index (χ0n) is 9.32. The summed E-state index contributed by atoms with van der Waals surface area (Å²) in [6.07, 6.45) is 0. The van der Waals surface area contributed by atoms with Gasteiger partial charge in [-0.1, -0.05) is 19.1 Å². The number of carboxylic acid groups (broad SMARTS) is 1. The predicted molar refractivity (Wildman–Crippen MR) is 60.7 cm³/mol. The Morgan fingerprint density at radius 1 is 1.47 bits per heavy atom. The Morgan fingerprint density at radius 3 is 2.53 bits per heavy atom. The van der Waals surface area contributed by atoms with Crippen molar-refractivity contribution in [3.8, 4) is 0 Å². The molecule has 0 amide bonds. The summed E-state index contributed by atoms with van der Waals surface area (Å²) in [7, 11) is 0. The molecule has 3 nitrogen and oxygen atoms in total. The molecule has 0 aromatic heterocycles. The second-order valence-electron chi connectivity index (χ2n) is 4.42. The van der Waals surface area contributed by atoms with Crippen molar-refractivity contribution in [1.82, 2.24) is 0 Å². The van der Waals surface area contributed by atoms with Crippen LogP contribution in [0.4, 0.5) is 5.69 Å². The van der Waals surface area contributed by atoms with Crippen LogP contribution in [0.2, 0.25) is 0 Å². The van der Waals surface area contributed by atoms with Crippen molar-refractivity contribution < 1.29 is 9.90 Å². The van der Waals surface area contributed by atoms with Crippen LogP contribution < -0.4 is 5.73 Å². The number of rotatable bonds is 3. The lowest BCUT2D eigenvalue weighted by molar-refractivity contribution is -0.148. The zero-order valence-corrected chi connectivity index (χ0v) is 9.32. The summed E-state index contributed by atoms with van der Waals surface area (Å²) in [5, 5.41) is 9.11. The minimum Gasteiger partial charge on any atom is -0.481 e. The highest BCUT2D eigenvalue weighted by molar-refractivity contribution is 5.75. The van der Waals surface area contributed by atoms with E-state index < -0.39 is 11.4 Å². The van der Waals surface area contributed by atoms with Crippen LogP contribution in [0.15, 0.2) is 24.3 Å². The Morgan fingerprint density at radius 2 is 2.07 bits per heavy atom. The molecular formula is C12H17NO2. The third-order valence-electron chi connectivity index (χ3n) is 3.04. The van der Waals surface area contributed by atoms with Gasteiger partial charge in [0.15, 0.2) is 0 Å². The highest BCUT2D eigenvalue weighted by Crippen LogP contribution is 2.35. The van der Waals surface area contributed by atoms with E-state index in [2.05, 4.69) is 0 Å². The topological polar surface area (TPSA) is 63.3 Å². The maximum absolute atomic E-state index is 11.1. The van der Waals surface area contributed by atoms with Crippen LogP contribution >= 0.6 is 0 Å². The van der Waals surface area contributed by atoms with E-state index in [-0.39, 0.29) is 5.92 Å². The first kappa shape index (κ1) is 11.6. The number of benzene rings is 1. The molecule has 1 rings (SSSR count). The number of nitrogens with two attached hydrogens (primary N) is 1. The van der Waals surface area contributed by atoms with E-state index >= 15 is 0 Å². The molecule has 0 saturated heterocycles. The van der Waals surface area contributed by atoms with Crippen LogP contribution in [-0.4, -0.2) is 11.1 Å². The molecular weight excluding hydrogens is 190 g/mol. The van der Waals surface area contributed by atoms with Gasteiger partial charge in [-0.05, 0) is 37.5 Å². The van der Waals surface area contributed by atoms with E-state index in [0.717, 1.165) is 5.56 Å². The van der Waals surface area contributed by atoms with Gasteiger partial charge in [-0.25, -0.2) is 0 Å². The van der Waals surface area contributed by atoms with Gasteiger partial charge in [-0.3, -0.25) is 4.79 Å². The van der Waals surface area contributed by atoms with Gasteiger partial charge >= 0.3 is 5.97 Å². The Bertz CT molecular complexity index is 372. The van der Waals surface area contributed by atoms with Crippen LogP contribution in [0.25, 0.3) is 0 Å². The first-order valence-electron chi connectivity index (χ1n) is 4.94. The predicted octanol–water partition coefficient (Wildman–Crippen LogP) is 2.48. The molecule has 0 saturated carbocycles. The van der Waals surface area contributed by atoms with Gasteiger partial charge in [0.05, 0.1) is 5.41 Å². The third kappa shape index (κ3) is 2.29. The number of aliphatic carboxylic acids is 1. The number of carboxylic acids is 1. The van der Waals surface area contributed by atoms with E-state index in [1.165, 1.54) is 0 Å². The van der Waals surface area contributed by atoms with Crippen LogP contribution in [0.3, 0.4) is 0 Å². The lowest BCUT2D eigenvalue weighted by Crippen LogP contribution is -2.29. The Kier molecular flexibility index (Phi) is 3.03. The molecule has 0 fully saturated rings. The van der Waals surface area contributed by atoms with Crippen LogP contribution in [-0.2, 0) is 4.79 Å². The molecule has 1 unspecified atom stereocenters. The normalized spacial score (nSPS) is 13.5. The molecule has 0 aliphatic carbocycles. The first-order chi connectivity index (χ1) is 6.85. The monoisotopic (exact) mass is 207 g/mol. The highest BCUT2D eigenvalue weighted by Gasteiger charge is 2.34. The van der Waals surface area contributed by atoms with Crippen molar-refractivity contribution >= 4 is 11.7 Å². The fourth-order valence-corrected chi connectivity index (χ4v) is 1.43. The van der Waals surface area contributed by atoms with Crippen LogP contribution in [0.1, 0.15) is 32.3 Å². The fraction of sp³-hybridized carbons (Fsp3) is 0.417. The average molecular weight is 207 g/mol. The van der Waals surface area contributed by atoms with Crippen molar-refractivity contribution in [3.05, 3.63) is 29.8 Å². The van der Waals surface area contributed by atoms with Crippen molar-refractivity contribution in [2.45, 2.75) is 26.7 Å². The lowest BCUT2D eigenvalue weighted by Gasteiger charge is -2.27. The minimum atomic E-state index is -0.794. The maximum atomic E-state index is 11.1. The number of nitrogen functional groups attached to an aromatic ring is 1. The second kappa shape index (κ2) is 3.93. The molecule has 3 N–H and O–H groups in total. The van der Waals surface area contributed by atoms with Gasteiger partial charge in [0.25, 0.3) is 0 Å². The Labute approximate surface area is 89.9 Å². The van der Waals surface area contributed by atoms with Gasteiger partial charge in [0.2, 0.25) is 0 Å². The SMILES string of the molecule is CC(c1cccc(N)c1)C(C)(C)C(=O)O. The number of hydrogen-bond donors (Lipinski definition) is 2. The Hall–Kier alpha value is -1.51. The average Bonchev–Trinajstić information content (AvgIpc) is 2.16. The van der Waals surface area contributed by atoms with E-state index in [0.29, 0.717) is 5.69 Å².